The van der Waals surface area contributed by atoms with Gasteiger partial charge in [-0.3, -0.25) is 4.79 Å². The highest BCUT2D eigenvalue weighted by Crippen LogP contribution is 2.29. The zero-order chi connectivity index (χ0) is 13.9. The maximum atomic E-state index is 12.5. The third kappa shape index (κ3) is 2.19. The lowest BCUT2D eigenvalue weighted by Gasteiger charge is -2.19. The fraction of sp³-hybridized carbons (Fsp3) is 0.250. The van der Waals surface area contributed by atoms with Gasteiger partial charge in [0.1, 0.15) is 11.7 Å². The summed E-state index contributed by atoms with van der Waals surface area (Å²) < 4.78 is 5.23. The van der Waals surface area contributed by atoms with Crippen molar-refractivity contribution < 1.29 is 9.21 Å². The number of carbonyl (C=O) groups excluding carboxylic acids is 1. The standard InChI is InChI=1S/C16H14N2O2/c17-11-13(10-14-5-3-9-20-14)16(19)18-8-7-12-4-1-2-6-15(12)18/h1-6,9,13H,7-8,10H2. The van der Waals surface area contributed by atoms with Crippen LogP contribution in [0.2, 0.25) is 0 Å². The Morgan fingerprint density at radius 2 is 2.20 bits per heavy atom. The van der Waals surface area contributed by atoms with Crippen LogP contribution in [0.1, 0.15) is 11.3 Å². The minimum absolute atomic E-state index is 0.145. The molecule has 1 amide bonds. The van der Waals surface area contributed by atoms with E-state index >= 15 is 0 Å². The van der Waals surface area contributed by atoms with Crippen molar-refractivity contribution in [1.82, 2.24) is 0 Å². The molecule has 1 aromatic heterocycles. The molecule has 3 rings (SSSR count). The molecule has 0 fully saturated rings. The van der Waals surface area contributed by atoms with Gasteiger partial charge in [-0.15, -0.1) is 0 Å². The van der Waals surface area contributed by atoms with Crippen molar-refractivity contribution in [1.29, 1.82) is 5.26 Å². The van der Waals surface area contributed by atoms with Crippen LogP contribution >= 0.6 is 0 Å². The Bertz CT molecular complexity index is 655. The first kappa shape index (κ1) is 12.5. The van der Waals surface area contributed by atoms with E-state index in [0.717, 1.165) is 17.7 Å². The Morgan fingerprint density at radius 1 is 1.35 bits per heavy atom. The van der Waals surface area contributed by atoms with Gasteiger partial charge in [-0.2, -0.15) is 5.26 Å². The van der Waals surface area contributed by atoms with Crippen molar-refractivity contribution in [2.75, 3.05) is 11.4 Å². The summed E-state index contributed by atoms with van der Waals surface area (Å²) in [7, 11) is 0. The third-order valence-electron chi connectivity index (χ3n) is 3.59. The van der Waals surface area contributed by atoms with Crippen molar-refractivity contribution in [3.05, 3.63) is 54.0 Å². The van der Waals surface area contributed by atoms with Crippen LogP contribution in [0.5, 0.6) is 0 Å². The van der Waals surface area contributed by atoms with Crippen LogP contribution in [-0.4, -0.2) is 12.5 Å². The number of nitriles is 1. The summed E-state index contributed by atoms with van der Waals surface area (Å²) in [5, 5.41) is 9.26. The topological polar surface area (TPSA) is 57.2 Å². The molecule has 1 aliphatic heterocycles. The normalized spacial score (nSPS) is 14.7. The molecule has 1 unspecified atom stereocenters. The average molecular weight is 266 g/mol. The Kier molecular flexibility index (Phi) is 3.26. The highest BCUT2D eigenvalue weighted by molar-refractivity contribution is 5.98. The van der Waals surface area contributed by atoms with Crippen LogP contribution in [0.15, 0.2) is 47.1 Å². The van der Waals surface area contributed by atoms with Crippen LogP contribution in [0.4, 0.5) is 5.69 Å². The second kappa shape index (κ2) is 5.22. The van der Waals surface area contributed by atoms with E-state index in [1.54, 1.807) is 23.3 Å². The summed E-state index contributed by atoms with van der Waals surface area (Å²) in [5.74, 6) is -0.182. The number of nitrogens with zero attached hydrogens (tertiary/aromatic N) is 2. The van der Waals surface area contributed by atoms with E-state index in [1.807, 2.05) is 24.3 Å². The first-order valence-electron chi connectivity index (χ1n) is 6.61. The van der Waals surface area contributed by atoms with Gasteiger partial charge in [-0.1, -0.05) is 18.2 Å². The van der Waals surface area contributed by atoms with Crippen LogP contribution in [0, 0.1) is 17.2 Å². The lowest BCUT2D eigenvalue weighted by atomic mass is 10.0. The van der Waals surface area contributed by atoms with Crippen LogP contribution in [-0.2, 0) is 17.6 Å². The zero-order valence-corrected chi connectivity index (χ0v) is 11.0. The van der Waals surface area contributed by atoms with Crippen LogP contribution in [0.25, 0.3) is 0 Å². The minimum atomic E-state index is -0.702. The Hall–Kier alpha value is -2.54. The molecule has 0 N–H and O–H groups in total. The van der Waals surface area contributed by atoms with E-state index < -0.39 is 5.92 Å². The number of anilines is 1. The van der Waals surface area contributed by atoms with Gasteiger partial charge in [-0.25, -0.2) is 0 Å². The van der Waals surface area contributed by atoms with E-state index in [0.29, 0.717) is 18.7 Å². The highest BCUT2D eigenvalue weighted by Gasteiger charge is 2.30. The number of amides is 1. The van der Waals surface area contributed by atoms with Crippen molar-refractivity contribution in [3.63, 3.8) is 0 Å². The number of benzene rings is 1. The van der Waals surface area contributed by atoms with Gasteiger partial charge >= 0.3 is 0 Å². The number of furan rings is 1. The molecule has 2 heterocycles. The van der Waals surface area contributed by atoms with Gasteiger partial charge in [0.05, 0.1) is 12.3 Å². The second-order valence-corrected chi connectivity index (χ2v) is 4.83. The van der Waals surface area contributed by atoms with Gasteiger partial charge < -0.3 is 9.32 Å². The fourth-order valence-electron chi connectivity index (χ4n) is 2.57. The quantitative estimate of drug-likeness (QED) is 0.857. The summed E-state index contributed by atoms with van der Waals surface area (Å²) in [5.41, 5.74) is 2.09. The molecule has 1 atom stereocenters. The highest BCUT2D eigenvalue weighted by atomic mass is 16.3. The van der Waals surface area contributed by atoms with Gasteiger partial charge in [0.25, 0.3) is 0 Å². The molecule has 1 aromatic carbocycles. The SMILES string of the molecule is N#CC(Cc1ccco1)C(=O)N1CCc2ccccc21. The Balaban J connectivity index is 1.80. The number of para-hydroxylation sites is 1. The van der Waals surface area contributed by atoms with Crippen molar-refractivity contribution in [3.8, 4) is 6.07 Å². The first-order chi connectivity index (χ1) is 9.79. The van der Waals surface area contributed by atoms with Gasteiger partial charge in [-0.05, 0) is 30.2 Å². The molecule has 1 aliphatic rings. The summed E-state index contributed by atoms with van der Waals surface area (Å²) in [6, 6.07) is 13.5. The Labute approximate surface area is 117 Å². The maximum absolute atomic E-state index is 12.5. The zero-order valence-electron chi connectivity index (χ0n) is 11.0. The Morgan fingerprint density at radius 3 is 2.95 bits per heavy atom. The molecule has 100 valence electrons. The van der Waals surface area contributed by atoms with E-state index in [1.165, 1.54) is 0 Å². The maximum Gasteiger partial charge on any atom is 0.244 e. The molecule has 0 spiro atoms. The van der Waals surface area contributed by atoms with Gasteiger partial charge in [0.15, 0.2) is 0 Å². The summed E-state index contributed by atoms with van der Waals surface area (Å²) >= 11 is 0. The number of carbonyl (C=O) groups is 1. The largest absolute Gasteiger partial charge is 0.469 e. The molecule has 20 heavy (non-hydrogen) atoms. The number of rotatable bonds is 3. The van der Waals surface area contributed by atoms with E-state index in [-0.39, 0.29) is 5.91 Å². The molecule has 2 aromatic rings. The molecule has 4 nitrogen and oxygen atoms in total. The second-order valence-electron chi connectivity index (χ2n) is 4.83. The molecule has 4 heteroatoms. The van der Waals surface area contributed by atoms with Gasteiger partial charge in [0.2, 0.25) is 5.91 Å². The van der Waals surface area contributed by atoms with Gasteiger partial charge in [0, 0.05) is 18.7 Å². The van der Waals surface area contributed by atoms with Crippen molar-refractivity contribution >= 4 is 11.6 Å². The van der Waals surface area contributed by atoms with Crippen LogP contribution < -0.4 is 4.90 Å². The molecule has 0 bridgehead atoms. The lowest BCUT2D eigenvalue weighted by molar-refractivity contribution is -0.120. The fourth-order valence-corrected chi connectivity index (χ4v) is 2.57. The van der Waals surface area contributed by atoms with E-state index in [4.69, 9.17) is 4.42 Å². The van der Waals surface area contributed by atoms with Crippen LogP contribution in [0.3, 0.4) is 0 Å². The van der Waals surface area contributed by atoms with Crippen molar-refractivity contribution in [2.45, 2.75) is 12.8 Å². The summed E-state index contributed by atoms with van der Waals surface area (Å²) in [4.78, 5) is 14.2. The predicted molar refractivity (Wildman–Crippen MR) is 74.0 cm³/mol. The lowest BCUT2D eigenvalue weighted by Crippen LogP contribution is -2.35. The molecule has 0 saturated carbocycles. The molecular formula is C16H14N2O2. The number of fused-ring (bicyclic) bond motifs is 1. The molecular weight excluding hydrogens is 252 g/mol. The third-order valence-corrected chi connectivity index (χ3v) is 3.59. The minimum Gasteiger partial charge on any atom is -0.469 e. The monoisotopic (exact) mass is 266 g/mol. The summed E-state index contributed by atoms with van der Waals surface area (Å²) in [6.07, 6.45) is 2.72. The van der Waals surface area contributed by atoms with E-state index in [2.05, 4.69) is 6.07 Å². The molecule has 0 aliphatic carbocycles. The summed E-state index contributed by atoms with van der Waals surface area (Å²) in [6.45, 7) is 0.647. The molecule has 0 radical (unpaired) electrons. The first-order valence-corrected chi connectivity index (χ1v) is 6.61. The smallest absolute Gasteiger partial charge is 0.244 e. The predicted octanol–water partition coefficient (Wildman–Crippen LogP) is 2.55. The molecule has 0 saturated heterocycles. The number of hydrogen-bond donors (Lipinski definition) is 0. The average Bonchev–Trinajstić information content (AvgIpc) is 3.13. The van der Waals surface area contributed by atoms with Crippen molar-refractivity contribution in [2.24, 2.45) is 5.92 Å². The van der Waals surface area contributed by atoms with E-state index in [9.17, 15) is 10.1 Å². The number of hydrogen-bond acceptors (Lipinski definition) is 3.